The zero-order chi connectivity index (χ0) is 13.9. The number of carbonyl (C=O) groups is 1. The van der Waals surface area contributed by atoms with E-state index in [9.17, 15) is 4.79 Å². The molecule has 0 atom stereocenters. The second-order valence-electron chi connectivity index (χ2n) is 4.26. The first kappa shape index (κ1) is 13.0. The van der Waals surface area contributed by atoms with Crippen molar-refractivity contribution < 1.29 is 4.79 Å². The average Bonchev–Trinajstić information content (AvgIpc) is 2.93. The molecule has 0 aliphatic carbocycles. The van der Waals surface area contributed by atoms with E-state index in [0.717, 1.165) is 22.3 Å². The highest BCUT2D eigenvalue weighted by molar-refractivity contribution is 7.10. The van der Waals surface area contributed by atoms with Crippen LogP contribution in [0.25, 0.3) is 21.7 Å². The number of aldehydes is 1. The van der Waals surface area contributed by atoms with E-state index in [4.69, 9.17) is 11.6 Å². The van der Waals surface area contributed by atoms with Crippen molar-refractivity contribution in [1.82, 2.24) is 4.37 Å². The Kier molecular flexibility index (Phi) is 3.63. The fourth-order valence-corrected chi connectivity index (χ4v) is 3.02. The summed E-state index contributed by atoms with van der Waals surface area (Å²) in [5.41, 5.74) is 3.24. The van der Waals surface area contributed by atoms with Crippen LogP contribution in [0.3, 0.4) is 0 Å². The molecule has 1 heterocycles. The molecule has 0 saturated heterocycles. The van der Waals surface area contributed by atoms with Crippen LogP contribution in [0.1, 0.15) is 10.4 Å². The van der Waals surface area contributed by atoms with Gasteiger partial charge in [-0.1, -0.05) is 54.1 Å². The summed E-state index contributed by atoms with van der Waals surface area (Å²) in [7, 11) is 0. The first-order valence-electron chi connectivity index (χ1n) is 6.06. The Morgan fingerprint density at radius 3 is 2.30 bits per heavy atom. The summed E-state index contributed by atoms with van der Waals surface area (Å²) >= 11 is 7.23. The maximum Gasteiger partial charge on any atom is 0.153 e. The zero-order valence-corrected chi connectivity index (χ0v) is 12.0. The Bertz CT molecular complexity index is 735. The first-order chi connectivity index (χ1) is 9.79. The fraction of sp³-hybridized carbons (Fsp3) is 0. The summed E-state index contributed by atoms with van der Waals surface area (Å²) in [6.07, 6.45) is 0.871. The highest BCUT2D eigenvalue weighted by atomic mass is 35.5. The third-order valence-electron chi connectivity index (χ3n) is 3.00. The molecule has 0 aliphatic heterocycles. The summed E-state index contributed by atoms with van der Waals surface area (Å²) in [4.78, 5) is 12.4. The molecule has 0 spiro atoms. The number of carbonyl (C=O) groups excluding carboxylic acids is 1. The molecule has 0 bridgehead atoms. The van der Waals surface area contributed by atoms with Crippen molar-refractivity contribution >= 4 is 29.4 Å². The zero-order valence-electron chi connectivity index (χ0n) is 10.4. The van der Waals surface area contributed by atoms with Crippen LogP contribution in [0.15, 0.2) is 54.6 Å². The van der Waals surface area contributed by atoms with Crippen LogP contribution >= 0.6 is 23.1 Å². The molecule has 0 N–H and O–H groups in total. The van der Waals surface area contributed by atoms with Gasteiger partial charge in [-0.05, 0) is 29.2 Å². The number of hydrogen-bond acceptors (Lipinski definition) is 3. The van der Waals surface area contributed by atoms with Crippen molar-refractivity contribution in [2.24, 2.45) is 0 Å². The molecule has 3 aromatic rings. The molecule has 4 heteroatoms. The molecule has 20 heavy (non-hydrogen) atoms. The quantitative estimate of drug-likeness (QED) is 0.641. The minimum absolute atomic E-state index is 0.628. The molecule has 2 aromatic carbocycles. The van der Waals surface area contributed by atoms with Gasteiger partial charge in [0.25, 0.3) is 0 Å². The monoisotopic (exact) mass is 299 g/mol. The van der Waals surface area contributed by atoms with Crippen LogP contribution < -0.4 is 0 Å². The van der Waals surface area contributed by atoms with Gasteiger partial charge in [0.15, 0.2) is 6.29 Å². The number of benzene rings is 2. The van der Waals surface area contributed by atoms with E-state index in [-0.39, 0.29) is 0 Å². The molecular formula is C16H10ClNOS. The number of hydrogen-bond donors (Lipinski definition) is 0. The number of nitrogens with zero attached hydrogens (tertiary/aromatic N) is 1. The normalized spacial score (nSPS) is 10.4. The van der Waals surface area contributed by atoms with E-state index in [0.29, 0.717) is 16.3 Å². The lowest BCUT2D eigenvalue weighted by molar-refractivity contribution is 0.112. The van der Waals surface area contributed by atoms with Crippen LogP contribution in [-0.2, 0) is 0 Å². The molecule has 0 amide bonds. The van der Waals surface area contributed by atoms with Gasteiger partial charge in [-0.3, -0.25) is 4.79 Å². The summed E-state index contributed by atoms with van der Waals surface area (Å²) in [5, 5.41) is 0.667. The first-order valence-corrected chi connectivity index (χ1v) is 7.21. The van der Waals surface area contributed by atoms with Crippen molar-refractivity contribution in [2.45, 2.75) is 0 Å². The van der Waals surface area contributed by atoms with Gasteiger partial charge in [-0.2, -0.15) is 4.37 Å². The average molecular weight is 300 g/mol. The van der Waals surface area contributed by atoms with Crippen molar-refractivity contribution in [3.8, 4) is 21.7 Å². The Morgan fingerprint density at radius 1 is 0.950 bits per heavy atom. The van der Waals surface area contributed by atoms with E-state index in [1.54, 1.807) is 12.1 Å². The summed E-state index contributed by atoms with van der Waals surface area (Å²) < 4.78 is 4.43. The maximum absolute atomic E-state index is 11.5. The highest BCUT2D eigenvalue weighted by Crippen LogP contribution is 2.34. The molecule has 0 unspecified atom stereocenters. The summed E-state index contributed by atoms with van der Waals surface area (Å²) in [6.45, 7) is 0. The molecule has 98 valence electrons. The fourth-order valence-electron chi connectivity index (χ4n) is 2.02. The largest absolute Gasteiger partial charge is 0.298 e. The SMILES string of the molecule is O=Cc1c(-c2ccc(Cl)cc2)nsc1-c1ccccc1. The van der Waals surface area contributed by atoms with E-state index < -0.39 is 0 Å². The Labute approximate surface area is 125 Å². The standard InChI is InChI=1S/C16H10ClNOS/c17-13-8-6-11(7-9-13)15-14(10-19)16(20-18-15)12-4-2-1-3-5-12/h1-10H. The second-order valence-corrected chi connectivity index (χ2v) is 5.47. The Balaban J connectivity index is 2.13. The Morgan fingerprint density at radius 2 is 1.65 bits per heavy atom. The minimum atomic E-state index is 0.628. The third-order valence-corrected chi connectivity index (χ3v) is 4.16. The van der Waals surface area contributed by atoms with Crippen molar-refractivity contribution in [1.29, 1.82) is 0 Å². The summed E-state index contributed by atoms with van der Waals surface area (Å²) in [6, 6.07) is 17.2. The number of halogens is 1. The third kappa shape index (κ3) is 2.38. The Hall–Kier alpha value is -1.97. The lowest BCUT2D eigenvalue weighted by Gasteiger charge is -2.00. The molecule has 3 rings (SSSR count). The molecule has 1 aromatic heterocycles. The predicted molar refractivity (Wildman–Crippen MR) is 83.4 cm³/mol. The van der Waals surface area contributed by atoms with Crippen molar-refractivity contribution in [3.63, 3.8) is 0 Å². The van der Waals surface area contributed by atoms with E-state index in [1.807, 2.05) is 42.5 Å². The van der Waals surface area contributed by atoms with E-state index in [2.05, 4.69) is 4.37 Å². The molecular weight excluding hydrogens is 290 g/mol. The number of aromatic nitrogens is 1. The second kappa shape index (κ2) is 5.57. The van der Waals surface area contributed by atoms with E-state index >= 15 is 0 Å². The molecule has 0 radical (unpaired) electrons. The smallest absolute Gasteiger partial charge is 0.153 e. The van der Waals surface area contributed by atoms with Gasteiger partial charge in [-0.25, -0.2) is 0 Å². The molecule has 0 saturated carbocycles. The van der Waals surface area contributed by atoms with Crippen LogP contribution in [0.2, 0.25) is 5.02 Å². The molecule has 0 fully saturated rings. The lowest BCUT2D eigenvalue weighted by Crippen LogP contribution is -1.86. The molecule has 2 nitrogen and oxygen atoms in total. The maximum atomic E-state index is 11.5. The van der Waals surface area contributed by atoms with Crippen molar-refractivity contribution in [2.75, 3.05) is 0 Å². The van der Waals surface area contributed by atoms with Crippen LogP contribution in [0.4, 0.5) is 0 Å². The van der Waals surface area contributed by atoms with E-state index in [1.165, 1.54) is 11.5 Å². The topological polar surface area (TPSA) is 30.0 Å². The van der Waals surface area contributed by atoms with Gasteiger partial charge in [0.05, 0.1) is 16.1 Å². The van der Waals surface area contributed by atoms with Crippen LogP contribution in [0, 0.1) is 0 Å². The van der Waals surface area contributed by atoms with Gasteiger partial charge < -0.3 is 0 Å². The van der Waals surface area contributed by atoms with Crippen molar-refractivity contribution in [3.05, 3.63) is 65.2 Å². The highest BCUT2D eigenvalue weighted by Gasteiger charge is 2.15. The summed E-state index contributed by atoms with van der Waals surface area (Å²) in [5.74, 6) is 0. The minimum Gasteiger partial charge on any atom is -0.298 e. The van der Waals surface area contributed by atoms with Crippen LogP contribution in [0.5, 0.6) is 0 Å². The van der Waals surface area contributed by atoms with Gasteiger partial charge in [0.2, 0.25) is 0 Å². The van der Waals surface area contributed by atoms with Crippen LogP contribution in [-0.4, -0.2) is 10.7 Å². The molecule has 0 aliphatic rings. The van der Waals surface area contributed by atoms with Gasteiger partial charge in [-0.15, -0.1) is 0 Å². The number of rotatable bonds is 3. The lowest BCUT2D eigenvalue weighted by atomic mass is 10.0. The van der Waals surface area contributed by atoms with Gasteiger partial charge in [0, 0.05) is 10.6 Å². The van der Waals surface area contributed by atoms with Gasteiger partial charge in [0.1, 0.15) is 0 Å². The predicted octanol–water partition coefficient (Wildman–Crippen LogP) is 4.94. The van der Waals surface area contributed by atoms with Gasteiger partial charge >= 0.3 is 0 Å².